The lowest BCUT2D eigenvalue weighted by Crippen LogP contribution is -2.76. The third-order valence-electron chi connectivity index (χ3n) is 7.43. The van der Waals surface area contributed by atoms with Gasteiger partial charge in [-0.1, -0.05) is 6.07 Å². The number of aromatic nitrogens is 5. The predicted octanol–water partition coefficient (Wildman–Crippen LogP) is 4.19. The first-order valence-corrected chi connectivity index (χ1v) is 11.0. The molecule has 3 aromatic rings. The summed E-state index contributed by atoms with van der Waals surface area (Å²) in [6.45, 7) is -0.843. The monoisotopic (exact) mass is 497 g/mol. The van der Waals surface area contributed by atoms with Crippen LogP contribution >= 0.6 is 0 Å². The van der Waals surface area contributed by atoms with Gasteiger partial charge in [-0.05, 0) is 65.3 Å². The van der Waals surface area contributed by atoms with E-state index >= 15 is 8.78 Å². The molecular formula is C23H21F6N5O. The summed E-state index contributed by atoms with van der Waals surface area (Å²) in [4.78, 5) is 4.19. The van der Waals surface area contributed by atoms with E-state index in [1.165, 1.54) is 6.20 Å². The molecule has 2 heterocycles. The molecule has 1 aromatic carbocycles. The minimum Gasteiger partial charge on any atom is -0.377 e. The van der Waals surface area contributed by atoms with E-state index in [2.05, 4.69) is 20.5 Å². The van der Waals surface area contributed by atoms with Crippen molar-refractivity contribution >= 4 is 0 Å². The molecule has 0 spiro atoms. The predicted molar refractivity (Wildman–Crippen MR) is 110 cm³/mol. The van der Waals surface area contributed by atoms with Crippen LogP contribution in [0.4, 0.5) is 26.3 Å². The molecule has 35 heavy (non-hydrogen) atoms. The average Bonchev–Trinajstić information content (AvgIpc) is 3.23. The fraction of sp³-hybridized carbons (Fsp3) is 0.478. The van der Waals surface area contributed by atoms with Crippen molar-refractivity contribution in [3.8, 4) is 0 Å². The molecule has 0 aliphatic heterocycles. The zero-order valence-electron chi connectivity index (χ0n) is 18.3. The number of aryl methyl sites for hydroxylation is 1. The summed E-state index contributed by atoms with van der Waals surface area (Å²) < 4.78 is 86.2. The first-order valence-electron chi connectivity index (χ1n) is 11.0. The highest BCUT2D eigenvalue weighted by Crippen LogP contribution is 2.80. The number of alkyl halides is 4. The zero-order valence-corrected chi connectivity index (χ0v) is 18.3. The van der Waals surface area contributed by atoms with E-state index in [9.17, 15) is 22.7 Å². The van der Waals surface area contributed by atoms with Crippen molar-refractivity contribution in [2.75, 3.05) is 0 Å². The van der Waals surface area contributed by atoms with Crippen molar-refractivity contribution in [1.82, 2.24) is 25.2 Å². The molecule has 3 fully saturated rings. The molecule has 2 aromatic heterocycles. The topological polar surface area (TPSA) is 76.7 Å². The molecular weight excluding hydrogens is 476 g/mol. The number of pyridine rings is 1. The molecule has 0 radical (unpaired) electrons. The van der Waals surface area contributed by atoms with E-state index in [4.69, 9.17) is 0 Å². The number of tetrazole rings is 1. The highest BCUT2D eigenvalue weighted by atomic mass is 19.3. The molecule has 3 aliphatic carbocycles. The highest BCUT2D eigenvalue weighted by molar-refractivity contribution is 5.42. The van der Waals surface area contributed by atoms with Crippen LogP contribution in [-0.2, 0) is 24.0 Å². The van der Waals surface area contributed by atoms with Gasteiger partial charge < -0.3 is 5.11 Å². The first kappa shape index (κ1) is 23.7. The maximum atomic E-state index is 16.1. The summed E-state index contributed by atoms with van der Waals surface area (Å²) in [5, 5.41) is 21.7. The summed E-state index contributed by atoms with van der Waals surface area (Å²) in [5.41, 5.74) is -4.79. The summed E-state index contributed by atoms with van der Waals surface area (Å²) in [7, 11) is 0. The van der Waals surface area contributed by atoms with Crippen molar-refractivity contribution in [3.63, 3.8) is 0 Å². The Hall–Kier alpha value is -3.02. The summed E-state index contributed by atoms with van der Waals surface area (Å²) in [5.74, 6) is -6.09. The van der Waals surface area contributed by atoms with Crippen LogP contribution in [0.3, 0.4) is 0 Å². The van der Waals surface area contributed by atoms with Crippen LogP contribution in [0.1, 0.15) is 42.5 Å². The number of hydrogen-bond acceptors (Lipinski definition) is 5. The third-order valence-corrected chi connectivity index (χ3v) is 7.43. The molecule has 3 saturated carbocycles. The maximum Gasteiger partial charge on any atom is 0.287 e. The molecule has 186 valence electrons. The van der Waals surface area contributed by atoms with Crippen molar-refractivity contribution in [3.05, 3.63) is 71.3 Å². The summed E-state index contributed by atoms with van der Waals surface area (Å²) in [6.07, 6.45) is -0.0346. The van der Waals surface area contributed by atoms with Crippen LogP contribution in [0.15, 0.2) is 42.9 Å². The Morgan fingerprint density at radius 3 is 2.40 bits per heavy atom. The van der Waals surface area contributed by atoms with Gasteiger partial charge in [0.05, 0.1) is 6.54 Å². The van der Waals surface area contributed by atoms with Crippen LogP contribution in [0, 0.1) is 17.0 Å². The molecule has 1 atom stereocenters. The summed E-state index contributed by atoms with van der Waals surface area (Å²) >= 11 is 0. The van der Waals surface area contributed by atoms with E-state index in [0.29, 0.717) is 17.3 Å². The molecule has 3 aliphatic rings. The minimum atomic E-state index is -3.82. The Morgan fingerprint density at radius 1 is 1.09 bits per heavy atom. The Labute approximate surface area is 196 Å². The van der Waals surface area contributed by atoms with Gasteiger partial charge in [-0.3, -0.25) is 4.98 Å². The Bertz CT molecular complexity index is 1200. The van der Waals surface area contributed by atoms with Crippen molar-refractivity contribution in [2.24, 2.45) is 5.41 Å². The normalized spacial score (nSPS) is 25.1. The first-order chi connectivity index (χ1) is 16.5. The number of benzene rings is 1. The zero-order chi connectivity index (χ0) is 25.1. The molecule has 12 heteroatoms. The van der Waals surface area contributed by atoms with Crippen molar-refractivity contribution in [1.29, 1.82) is 0 Å². The van der Waals surface area contributed by atoms with Gasteiger partial charge in [-0.2, -0.15) is 0 Å². The second-order valence-electron chi connectivity index (χ2n) is 9.63. The quantitative estimate of drug-likeness (QED) is 0.449. The third kappa shape index (κ3) is 3.60. The molecule has 0 unspecified atom stereocenters. The van der Waals surface area contributed by atoms with Crippen LogP contribution in [0.5, 0.6) is 0 Å². The molecule has 6 nitrogen and oxygen atoms in total. The van der Waals surface area contributed by atoms with E-state index in [-0.39, 0.29) is 32.1 Å². The fourth-order valence-corrected chi connectivity index (χ4v) is 5.67. The van der Waals surface area contributed by atoms with E-state index < -0.39 is 52.5 Å². The lowest BCUT2D eigenvalue weighted by molar-refractivity contribution is -0.347. The largest absolute Gasteiger partial charge is 0.377 e. The van der Waals surface area contributed by atoms with Gasteiger partial charge >= 0.3 is 0 Å². The Balaban J connectivity index is 1.41. The van der Waals surface area contributed by atoms with Crippen molar-refractivity contribution in [2.45, 2.75) is 62.0 Å². The molecule has 0 saturated heterocycles. The standard InChI is InChI=1S/C23H21F6N5O/c24-15-2-5-17(18(25)7-15)22(35,12-34-13-31-32-33-34)23(28,29)21-9-20(10-21,11-21)14-1-3-16(30-8-14)4-6-19(26)27/h1-3,5,7-8,13,19,35H,4,6,9-12H2/t20?,21?,22-/m0/s1. The van der Waals surface area contributed by atoms with Gasteiger partial charge in [0.25, 0.3) is 5.92 Å². The number of nitrogens with zero attached hydrogens (tertiary/aromatic N) is 5. The van der Waals surface area contributed by atoms with Gasteiger partial charge in [-0.25, -0.2) is 31.0 Å². The lowest BCUT2D eigenvalue weighted by atomic mass is 9.30. The maximum absolute atomic E-state index is 16.1. The minimum absolute atomic E-state index is 0.0196. The number of aliphatic hydroxyl groups is 1. The average molecular weight is 497 g/mol. The number of rotatable bonds is 9. The second-order valence-corrected chi connectivity index (χ2v) is 9.63. The van der Waals surface area contributed by atoms with E-state index in [1.807, 2.05) is 0 Å². The van der Waals surface area contributed by atoms with Gasteiger partial charge in [-0.15, -0.1) is 5.10 Å². The molecule has 0 amide bonds. The molecule has 2 bridgehead atoms. The van der Waals surface area contributed by atoms with E-state index in [0.717, 1.165) is 23.1 Å². The fourth-order valence-electron chi connectivity index (χ4n) is 5.67. The highest BCUT2D eigenvalue weighted by Gasteiger charge is 2.82. The van der Waals surface area contributed by atoms with Crippen LogP contribution < -0.4 is 0 Å². The van der Waals surface area contributed by atoms with E-state index in [1.54, 1.807) is 12.1 Å². The molecule has 6 rings (SSSR count). The second kappa shape index (κ2) is 8.00. The lowest BCUT2D eigenvalue weighted by Gasteiger charge is -2.74. The van der Waals surface area contributed by atoms with Crippen LogP contribution in [-0.4, -0.2) is 42.6 Å². The SMILES string of the molecule is O[C@@](Cn1cnnn1)(c1ccc(F)cc1F)C(F)(F)C12CC(c3ccc(CCC(F)F)nc3)(C1)C2. The number of halogens is 6. The van der Waals surface area contributed by atoms with Crippen LogP contribution in [0.25, 0.3) is 0 Å². The smallest absolute Gasteiger partial charge is 0.287 e. The Morgan fingerprint density at radius 2 is 1.83 bits per heavy atom. The van der Waals surface area contributed by atoms with Crippen molar-refractivity contribution < 1.29 is 31.4 Å². The van der Waals surface area contributed by atoms with Gasteiger partial charge in [0.2, 0.25) is 6.43 Å². The van der Waals surface area contributed by atoms with Gasteiger partial charge in [0, 0.05) is 35.4 Å². The summed E-state index contributed by atoms with van der Waals surface area (Å²) in [6, 6.07) is 5.39. The number of hydrogen-bond donors (Lipinski definition) is 1. The molecule has 1 N–H and O–H groups in total. The van der Waals surface area contributed by atoms with Gasteiger partial charge in [0.1, 0.15) is 18.0 Å². The Kier molecular flexibility index (Phi) is 5.42. The van der Waals surface area contributed by atoms with Gasteiger partial charge in [0.15, 0.2) is 5.60 Å². The van der Waals surface area contributed by atoms with Crippen LogP contribution in [0.2, 0.25) is 0 Å².